The molecule has 0 radical (unpaired) electrons. The van der Waals surface area contributed by atoms with Crippen molar-refractivity contribution in [3.8, 4) is 0 Å². The van der Waals surface area contributed by atoms with Crippen LogP contribution in [0.5, 0.6) is 0 Å². The predicted molar refractivity (Wildman–Crippen MR) is 93.7 cm³/mol. The van der Waals surface area contributed by atoms with Gasteiger partial charge in [0.1, 0.15) is 0 Å². The van der Waals surface area contributed by atoms with Crippen LogP contribution < -0.4 is 10.6 Å². The largest absolute Gasteiger partial charge is 0.451 e. The number of amides is 2. The Balaban J connectivity index is 0.00000225. The molecule has 0 spiro atoms. The lowest BCUT2D eigenvalue weighted by Gasteiger charge is -2.54. The van der Waals surface area contributed by atoms with E-state index in [1.54, 1.807) is 5.10 Å². The maximum absolute atomic E-state index is 12.6. The van der Waals surface area contributed by atoms with Gasteiger partial charge in [-0.2, -0.15) is 18.2 Å². The summed E-state index contributed by atoms with van der Waals surface area (Å²) < 4.78 is 37.8. The number of nitrogens with one attached hydrogen (secondary N) is 3. The van der Waals surface area contributed by atoms with E-state index in [0.717, 1.165) is 32.4 Å². The number of halogens is 4. The van der Waals surface area contributed by atoms with E-state index in [1.165, 1.54) is 0 Å². The Morgan fingerprint density at radius 2 is 2.04 bits per heavy atom. The Morgan fingerprint density at radius 1 is 1.29 bits per heavy atom. The van der Waals surface area contributed by atoms with Crippen molar-refractivity contribution in [3.05, 3.63) is 11.6 Å². The van der Waals surface area contributed by atoms with Gasteiger partial charge < -0.3 is 15.5 Å². The number of nitrogens with zero attached hydrogens (tertiary/aromatic N) is 3. The minimum Gasteiger partial charge on any atom is -0.347 e. The number of hydrogen-bond acceptors (Lipinski definition) is 5. The van der Waals surface area contributed by atoms with Gasteiger partial charge in [0.2, 0.25) is 17.6 Å². The molecule has 0 aliphatic carbocycles. The van der Waals surface area contributed by atoms with Crippen LogP contribution in [0.4, 0.5) is 13.2 Å². The van der Waals surface area contributed by atoms with Crippen molar-refractivity contribution in [2.45, 2.75) is 43.9 Å². The Hall–Kier alpha value is -1.88. The van der Waals surface area contributed by atoms with Crippen LogP contribution in [0, 0.1) is 11.8 Å². The number of carbonyl (C=O) groups excluding carboxylic acids is 2. The number of carbonyl (C=O) groups is 2. The molecule has 4 rings (SSSR count). The highest BCUT2D eigenvalue weighted by molar-refractivity contribution is 5.90. The van der Waals surface area contributed by atoms with Crippen molar-refractivity contribution in [2.75, 3.05) is 19.6 Å². The lowest BCUT2D eigenvalue weighted by Crippen LogP contribution is -2.66. The summed E-state index contributed by atoms with van der Waals surface area (Å²) in [5, 5.41) is 11.1. The molecule has 156 valence electrons. The van der Waals surface area contributed by atoms with Gasteiger partial charge in [0.15, 0.2) is 0 Å². The zero-order valence-corrected chi connectivity index (χ0v) is 15.8. The molecule has 4 atom stereocenters. The van der Waals surface area contributed by atoms with Crippen molar-refractivity contribution in [1.29, 1.82) is 0 Å². The molecule has 4 heterocycles. The molecule has 12 heteroatoms. The van der Waals surface area contributed by atoms with Crippen LogP contribution in [-0.2, 0) is 11.0 Å². The summed E-state index contributed by atoms with van der Waals surface area (Å²) in [6, 6.07) is -0.00521. The Bertz CT molecular complexity index is 742. The molecule has 0 unspecified atom stereocenters. The van der Waals surface area contributed by atoms with Gasteiger partial charge >= 0.3 is 6.18 Å². The Kier molecular flexibility index (Phi) is 5.85. The first-order chi connectivity index (χ1) is 12.8. The van der Waals surface area contributed by atoms with Gasteiger partial charge in [-0.05, 0) is 37.6 Å². The fourth-order valence-corrected chi connectivity index (χ4v) is 4.66. The highest BCUT2D eigenvalue weighted by atomic mass is 35.5. The van der Waals surface area contributed by atoms with E-state index < -0.39 is 23.7 Å². The first kappa shape index (κ1) is 20.8. The average molecular weight is 423 g/mol. The molecule has 2 bridgehead atoms. The second kappa shape index (κ2) is 7.86. The summed E-state index contributed by atoms with van der Waals surface area (Å²) >= 11 is 0. The van der Waals surface area contributed by atoms with Crippen LogP contribution in [0.15, 0.2) is 0 Å². The number of piperidine rings is 3. The number of hydrogen-bond donors (Lipinski definition) is 3. The van der Waals surface area contributed by atoms with Gasteiger partial charge in [0.05, 0.1) is 6.04 Å². The third-order valence-electron chi connectivity index (χ3n) is 5.83. The molecule has 1 aromatic heterocycles. The first-order valence-corrected chi connectivity index (χ1v) is 9.14. The molecular formula is C16H22ClF3N6O2. The van der Waals surface area contributed by atoms with Crippen LogP contribution in [0.1, 0.15) is 42.1 Å². The smallest absolute Gasteiger partial charge is 0.347 e. The van der Waals surface area contributed by atoms with E-state index >= 15 is 0 Å². The summed E-state index contributed by atoms with van der Waals surface area (Å²) in [6.07, 6.45) is -1.38. The third kappa shape index (κ3) is 3.82. The van der Waals surface area contributed by atoms with Crippen LogP contribution >= 0.6 is 12.4 Å². The number of rotatable bonds is 3. The summed E-state index contributed by atoms with van der Waals surface area (Å²) in [5.41, 5.74) is 0. The second-order valence-electron chi connectivity index (χ2n) is 7.46. The fraction of sp³-hybridized carbons (Fsp3) is 0.750. The molecule has 3 fully saturated rings. The van der Waals surface area contributed by atoms with Crippen molar-refractivity contribution in [1.82, 2.24) is 30.7 Å². The van der Waals surface area contributed by atoms with Crippen LogP contribution in [0.2, 0.25) is 0 Å². The van der Waals surface area contributed by atoms with Gasteiger partial charge in [-0.3, -0.25) is 14.7 Å². The SMILES string of the molecule is Cl.O=C(NC[C@H]1[C@@H]2CNC[C@@H](C2)[C@@H]2CCCC(=O)N21)c1n[nH]c(C(F)(F)F)n1. The number of aromatic amines is 1. The standard InChI is InChI=1S/C16H21F3N6O2.ClH/c17-16(18,19)15-22-13(23-24-15)14(27)21-7-11-9-4-8(5-20-6-9)10-2-1-3-12(26)25(10)11;/h8-11,20H,1-7H2,(H,21,27)(H,22,23,24);1H/t8-,9+,10+,11+;/m1./s1. The minimum absolute atomic E-state index is 0. The van der Waals surface area contributed by atoms with E-state index in [1.807, 2.05) is 4.90 Å². The van der Waals surface area contributed by atoms with Gasteiger partial charge in [0.25, 0.3) is 5.91 Å². The summed E-state index contributed by atoms with van der Waals surface area (Å²) in [7, 11) is 0. The molecule has 28 heavy (non-hydrogen) atoms. The second-order valence-corrected chi connectivity index (χ2v) is 7.46. The third-order valence-corrected chi connectivity index (χ3v) is 5.83. The Labute approximate surface area is 165 Å². The summed E-state index contributed by atoms with van der Waals surface area (Å²) in [5.74, 6) is -1.93. The lowest BCUT2D eigenvalue weighted by atomic mass is 9.72. The first-order valence-electron chi connectivity index (χ1n) is 9.14. The number of fused-ring (bicyclic) bond motifs is 4. The van der Waals surface area contributed by atoms with Gasteiger partial charge in [-0.1, -0.05) is 0 Å². The van der Waals surface area contributed by atoms with E-state index in [2.05, 4.69) is 20.7 Å². The van der Waals surface area contributed by atoms with Gasteiger partial charge in [0, 0.05) is 25.6 Å². The maximum atomic E-state index is 12.6. The zero-order valence-electron chi connectivity index (χ0n) is 15.0. The predicted octanol–water partition coefficient (Wildman–Crippen LogP) is 0.964. The quantitative estimate of drug-likeness (QED) is 0.673. The molecule has 3 N–H and O–H groups in total. The van der Waals surface area contributed by atoms with E-state index in [4.69, 9.17) is 0 Å². The molecule has 2 amide bonds. The van der Waals surface area contributed by atoms with Crippen LogP contribution in [0.3, 0.4) is 0 Å². The normalized spacial score (nSPS) is 29.7. The molecule has 0 saturated carbocycles. The monoisotopic (exact) mass is 422 g/mol. The van der Waals surface area contributed by atoms with E-state index in [9.17, 15) is 22.8 Å². The van der Waals surface area contributed by atoms with E-state index in [0.29, 0.717) is 12.3 Å². The Morgan fingerprint density at radius 3 is 2.75 bits per heavy atom. The minimum atomic E-state index is -4.69. The van der Waals surface area contributed by atoms with Crippen molar-refractivity contribution < 1.29 is 22.8 Å². The molecule has 3 aliphatic rings. The maximum Gasteiger partial charge on any atom is 0.451 e. The topological polar surface area (TPSA) is 103 Å². The van der Waals surface area contributed by atoms with Crippen molar-refractivity contribution in [3.63, 3.8) is 0 Å². The lowest BCUT2D eigenvalue weighted by molar-refractivity contribution is -0.149. The molecule has 8 nitrogen and oxygen atoms in total. The molecule has 1 aromatic rings. The molecule has 3 aliphatic heterocycles. The van der Waals surface area contributed by atoms with Gasteiger partial charge in [-0.15, -0.1) is 17.5 Å². The number of aromatic nitrogens is 3. The van der Waals surface area contributed by atoms with Crippen molar-refractivity contribution >= 4 is 24.2 Å². The van der Waals surface area contributed by atoms with Crippen LogP contribution in [0.25, 0.3) is 0 Å². The average Bonchev–Trinajstić information content (AvgIpc) is 3.13. The molecular weight excluding hydrogens is 401 g/mol. The van der Waals surface area contributed by atoms with E-state index in [-0.39, 0.29) is 42.9 Å². The van der Waals surface area contributed by atoms with Crippen molar-refractivity contribution in [2.24, 2.45) is 11.8 Å². The molecule has 3 saturated heterocycles. The highest BCUT2D eigenvalue weighted by Crippen LogP contribution is 2.39. The number of H-pyrrole nitrogens is 1. The zero-order chi connectivity index (χ0) is 19.2. The summed E-state index contributed by atoms with van der Waals surface area (Å²) in [4.78, 5) is 29.9. The van der Waals surface area contributed by atoms with Crippen LogP contribution in [-0.4, -0.2) is 63.6 Å². The fourth-order valence-electron chi connectivity index (χ4n) is 4.66. The highest BCUT2D eigenvalue weighted by Gasteiger charge is 2.47. The summed E-state index contributed by atoms with van der Waals surface area (Å²) in [6.45, 7) is 1.82. The molecule has 0 aromatic carbocycles. The van der Waals surface area contributed by atoms with Gasteiger partial charge in [-0.25, -0.2) is 0 Å². The number of alkyl halides is 3.